The third-order valence-corrected chi connectivity index (χ3v) is 5.58. The molecule has 2 aromatic rings. The molecule has 1 amide bonds. The van der Waals surface area contributed by atoms with Crippen LogP contribution in [0.5, 0.6) is 11.5 Å². The van der Waals surface area contributed by atoms with E-state index in [-0.39, 0.29) is 12.5 Å². The number of methoxy groups -OCH3 is 1. The lowest BCUT2D eigenvalue weighted by molar-refractivity contribution is -0.123. The predicted octanol–water partition coefficient (Wildman–Crippen LogP) is 4.78. The molecular weight excluding hydrogens is 427 g/mol. The van der Waals surface area contributed by atoms with Crippen molar-refractivity contribution in [2.75, 3.05) is 12.9 Å². The van der Waals surface area contributed by atoms with Crippen molar-refractivity contribution >= 4 is 63.6 Å². The van der Waals surface area contributed by atoms with Crippen molar-refractivity contribution in [2.45, 2.75) is 6.61 Å². The number of nitrogens with zero attached hydrogens (tertiary/aromatic N) is 2. The largest absolute Gasteiger partial charge is 0.496 e. The molecule has 2 aromatic carbocycles. The van der Waals surface area contributed by atoms with Gasteiger partial charge in [-0.1, -0.05) is 53.2 Å². The minimum atomic E-state index is -0.133. The van der Waals surface area contributed by atoms with Crippen LogP contribution in [0.4, 0.5) is 0 Å². The Morgan fingerprint density at radius 2 is 2.04 bits per heavy atom. The first-order valence-corrected chi connectivity index (χ1v) is 9.92. The van der Waals surface area contributed by atoms with Crippen LogP contribution in [0.25, 0.3) is 0 Å². The van der Waals surface area contributed by atoms with Gasteiger partial charge in [0.05, 0.1) is 29.1 Å². The summed E-state index contributed by atoms with van der Waals surface area (Å²) in [5.74, 6) is 1.24. The quantitative estimate of drug-likeness (QED) is 0.477. The zero-order chi connectivity index (χ0) is 19.4. The number of halogens is 2. The molecule has 9 heteroatoms. The van der Waals surface area contributed by atoms with Crippen LogP contribution in [0.2, 0.25) is 10.0 Å². The highest BCUT2D eigenvalue weighted by Gasteiger charge is 2.25. The van der Waals surface area contributed by atoms with Gasteiger partial charge in [0.15, 0.2) is 10.1 Å². The number of thioether (sulfide) groups is 1. The van der Waals surface area contributed by atoms with E-state index in [4.69, 9.17) is 44.9 Å². The van der Waals surface area contributed by atoms with Gasteiger partial charge in [-0.2, -0.15) is 10.1 Å². The smallest absolute Gasteiger partial charge is 0.259 e. The van der Waals surface area contributed by atoms with Gasteiger partial charge >= 0.3 is 0 Å². The van der Waals surface area contributed by atoms with Gasteiger partial charge in [0.25, 0.3) is 5.91 Å². The summed E-state index contributed by atoms with van der Waals surface area (Å²) in [5.41, 5.74) is 1.55. The molecule has 0 radical (unpaired) electrons. The summed E-state index contributed by atoms with van der Waals surface area (Å²) >= 11 is 18.7. The average Bonchev–Trinajstić information content (AvgIpc) is 2.97. The number of hydrazone groups is 1. The van der Waals surface area contributed by atoms with Crippen molar-refractivity contribution in [3.05, 3.63) is 57.6 Å². The lowest BCUT2D eigenvalue weighted by Crippen LogP contribution is -2.22. The summed E-state index contributed by atoms with van der Waals surface area (Å²) in [7, 11) is 1.58. The molecular formula is C18H14Cl2N2O3S2. The van der Waals surface area contributed by atoms with E-state index in [1.165, 1.54) is 16.8 Å². The maximum atomic E-state index is 11.7. The zero-order valence-electron chi connectivity index (χ0n) is 14.1. The number of benzene rings is 2. The summed E-state index contributed by atoms with van der Waals surface area (Å²) in [4.78, 5) is 11.7. The molecule has 1 aliphatic heterocycles. The minimum absolute atomic E-state index is 0.133. The van der Waals surface area contributed by atoms with E-state index in [2.05, 4.69) is 5.10 Å². The molecule has 0 aliphatic carbocycles. The van der Waals surface area contributed by atoms with Gasteiger partial charge in [0.1, 0.15) is 12.4 Å². The Balaban J connectivity index is 1.79. The second-order valence-electron chi connectivity index (χ2n) is 5.42. The van der Waals surface area contributed by atoms with E-state index in [0.717, 1.165) is 11.1 Å². The molecule has 1 heterocycles. The van der Waals surface area contributed by atoms with Gasteiger partial charge in [-0.05, 0) is 35.9 Å². The maximum absolute atomic E-state index is 11.7. The number of rotatable bonds is 6. The molecule has 3 rings (SSSR count). The molecule has 0 unspecified atom stereocenters. The standard InChI is InChI=1S/C18H14Cl2N2O3S2/c1-24-15-6-5-11(8-21-22-16(23)10-27-18(22)26)7-12(15)9-25-17-13(19)3-2-4-14(17)20/h2-8H,9-10H2,1H3/b21-8+. The second kappa shape index (κ2) is 8.93. The van der Waals surface area contributed by atoms with Crippen LogP contribution in [-0.2, 0) is 11.4 Å². The molecule has 5 nitrogen and oxygen atoms in total. The Labute approximate surface area is 176 Å². The third-order valence-electron chi connectivity index (χ3n) is 3.65. The summed E-state index contributed by atoms with van der Waals surface area (Å²) in [6.07, 6.45) is 1.57. The SMILES string of the molecule is COc1ccc(/C=N/N2C(=O)CSC2=S)cc1COc1c(Cl)cccc1Cl. The Hall–Kier alpha value is -1.80. The van der Waals surface area contributed by atoms with E-state index in [1.54, 1.807) is 37.6 Å². The minimum Gasteiger partial charge on any atom is -0.496 e. The fourth-order valence-electron chi connectivity index (χ4n) is 2.35. The molecule has 0 bridgehead atoms. The van der Waals surface area contributed by atoms with Crippen molar-refractivity contribution in [1.82, 2.24) is 5.01 Å². The Bertz CT molecular complexity index is 885. The second-order valence-corrected chi connectivity index (χ2v) is 7.84. The predicted molar refractivity (Wildman–Crippen MR) is 113 cm³/mol. The Morgan fingerprint density at radius 1 is 1.30 bits per heavy atom. The molecule has 1 fully saturated rings. The zero-order valence-corrected chi connectivity index (χ0v) is 17.3. The summed E-state index contributed by atoms with van der Waals surface area (Å²) < 4.78 is 11.6. The van der Waals surface area contributed by atoms with Crippen LogP contribution in [0.15, 0.2) is 41.5 Å². The monoisotopic (exact) mass is 440 g/mol. The fraction of sp³-hybridized carbons (Fsp3) is 0.167. The van der Waals surface area contributed by atoms with Gasteiger partial charge in [-0.25, -0.2) is 0 Å². The number of amides is 1. The van der Waals surface area contributed by atoms with E-state index < -0.39 is 0 Å². The van der Waals surface area contributed by atoms with Crippen LogP contribution >= 0.6 is 47.2 Å². The number of carbonyl (C=O) groups is 1. The molecule has 0 saturated carbocycles. The number of carbonyl (C=O) groups excluding carboxylic acids is 1. The highest BCUT2D eigenvalue weighted by atomic mass is 35.5. The van der Waals surface area contributed by atoms with Crippen molar-refractivity contribution in [1.29, 1.82) is 0 Å². The molecule has 1 saturated heterocycles. The van der Waals surface area contributed by atoms with Gasteiger partial charge in [0, 0.05) is 5.56 Å². The molecule has 0 N–H and O–H groups in total. The normalized spacial score (nSPS) is 14.3. The molecule has 0 aromatic heterocycles. The molecule has 0 spiro atoms. The topological polar surface area (TPSA) is 51.1 Å². The molecule has 0 atom stereocenters. The van der Waals surface area contributed by atoms with Gasteiger partial charge in [-0.15, -0.1) is 0 Å². The van der Waals surface area contributed by atoms with E-state index in [1.807, 2.05) is 12.1 Å². The lowest BCUT2D eigenvalue weighted by Gasteiger charge is -2.13. The highest BCUT2D eigenvalue weighted by Crippen LogP contribution is 2.33. The Morgan fingerprint density at radius 3 is 2.67 bits per heavy atom. The van der Waals surface area contributed by atoms with Crippen LogP contribution in [-0.4, -0.2) is 34.3 Å². The van der Waals surface area contributed by atoms with E-state index >= 15 is 0 Å². The van der Waals surface area contributed by atoms with Gasteiger partial charge < -0.3 is 9.47 Å². The fourth-order valence-corrected chi connectivity index (χ4v) is 3.82. The van der Waals surface area contributed by atoms with Gasteiger partial charge in [0.2, 0.25) is 0 Å². The number of hydrogen-bond acceptors (Lipinski definition) is 6. The van der Waals surface area contributed by atoms with Crippen LogP contribution in [0.1, 0.15) is 11.1 Å². The highest BCUT2D eigenvalue weighted by molar-refractivity contribution is 8.23. The summed E-state index contributed by atoms with van der Waals surface area (Å²) in [6.45, 7) is 0.200. The third kappa shape index (κ3) is 4.73. The molecule has 140 valence electrons. The number of hydrogen-bond donors (Lipinski definition) is 0. The van der Waals surface area contributed by atoms with Crippen molar-refractivity contribution in [2.24, 2.45) is 5.10 Å². The first-order chi connectivity index (χ1) is 13.0. The van der Waals surface area contributed by atoms with Crippen molar-refractivity contribution in [3.8, 4) is 11.5 Å². The van der Waals surface area contributed by atoms with Gasteiger partial charge in [-0.3, -0.25) is 4.79 Å². The average molecular weight is 441 g/mol. The van der Waals surface area contributed by atoms with Crippen LogP contribution in [0.3, 0.4) is 0 Å². The lowest BCUT2D eigenvalue weighted by atomic mass is 10.1. The number of thiocarbonyl (C=S) groups is 1. The van der Waals surface area contributed by atoms with Crippen LogP contribution in [0, 0.1) is 0 Å². The van der Waals surface area contributed by atoms with Crippen LogP contribution < -0.4 is 9.47 Å². The van der Waals surface area contributed by atoms with E-state index in [0.29, 0.717) is 31.6 Å². The molecule has 1 aliphatic rings. The summed E-state index contributed by atoms with van der Waals surface area (Å²) in [6, 6.07) is 10.6. The summed E-state index contributed by atoms with van der Waals surface area (Å²) in [5, 5.41) is 6.25. The van der Waals surface area contributed by atoms with Crippen molar-refractivity contribution in [3.63, 3.8) is 0 Å². The molecule has 27 heavy (non-hydrogen) atoms. The maximum Gasteiger partial charge on any atom is 0.259 e. The van der Waals surface area contributed by atoms with Crippen molar-refractivity contribution < 1.29 is 14.3 Å². The first-order valence-electron chi connectivity index (χ1n) is 7.77. The van der Waals surface area contributed by atoms with E-state index in [9.17, 15) is 4.79 Å². The number of ether oxygens (including phenoxy) is 2. The number of para-hydroxylation sites is 1. The first kappa shape index (κ1) is 19.9. The Kier molecular flexibility index (Phi) is 6.59.